The summed E-state index contributed by atoms with van der Waals surface area (Å²) >= 11 is 0. The molecule has 0 heterocycles. The summed E-state index contributed by atoms with van der Waals surface area (Å²) in [6.45, 7) is 2.63. The minimum atomic E-state index is -0.790. The number of hydrogen-bond donors (Lipinski definition) is 4. The second kappa shape index (κ2) is 7.84. The van der Waals surface area contributed by atoms with Crippen molar-refractivity contribution in [2.24, 2.45) is 10.8 Å². The maximum Gasteiger partial charge on any atom is 0.134 e. The van der Waals surface area contributed by atoms with Gasteiger partial charge in [0.05, 0.1) is 26.4 Å². The van der Waals surface area contributed by atoms with E-state index in [-0.39, 0.29) is 45.1 Å². The molecule has 0 atom stereocenters. The molecule has 0 aliphatic carbocycles. The number of aliphatic hydroxyl groups is 4. The Morgan fingerprint density at radius 2 is 1.06 bits per heavy atom. The molecule has 0 fully saturated rings. The van der Waals surface area contributed by atoms with Gasteiger partial charge in [0.25, 0.3) is 0 Å². The third-order valence-corrected chi connectivity index (χ3v) is 3.99. The molecule has 0 amide bonds. The molecule has 5 nitrogen and oxygen atoms in total. The fraction of sp³-hybridized carbons (Fsp3) is 0.923. The second-order valence-electron chi connectivity index (χ2n) is 5.23. The van der Waals surface area contributed by atoms with Crippen molar-refractivity contribution >= 4 is 5.78 Å². The second-order valence-corrected chi connectivity index (χ2v) is 5.23. The molecule has 0 aromatic heterocycles. The van der Waals surface area contributed by atoms with Crippen molar-refractivity contribution in [3.63, 3.8) is 0 Å². The molecular weight excluding hydrogens is 236 g/mol. The Kier molecular flexibility index (Phi) is 7.62. The monoisotopic (exact) mass is 262 g/mol. The first kappa shape index (κ1) is 17.5. The van der Waals surface area contributed by atoms with Crippen LogP contribution in [0.2, 0.25) is 0 Å². The van der Waals surface area contributed by atoms with Crippen molar-refractivity contribution in [3.05, 3.63) is 0 Å². The summed E-state index contributed by atoms with van der Waals surface area (Å²) in [6, 6.07) is 0. The average Bonchev–Trinajstić information content (AvgIpc) is 2.42. The van der Waals surface area contributed by atoms with Crippen LogP contribution in [0.25, 0.3) is 0 Å². The van der Waals surface area contributed by atoms with Crippen molar-refractivity contribution in [2.45, 2.75) is 39.5 Å². The van der Waals surface area contributed by atoms with Crippen LogP contribution >= 0.6 is 0 Å². The van der Waals surface area contributed by atoms with E-state index in [0.29, 0.717) is 12.8 Å². The lowest BCUT2D eigenvalue weighted by molar-refractivity contribution is -0.127. The Balaban J connectivity index is 4.67. The molecule has 0 saturated heterocycles. The maximum atomic E-state index is 12.0. The third kappa shape index (κ3) is 4.31. The molecule has 0 aromatic rings. The van der Waals surface area contributed by atoms with E-state index in [1.807, 2.05) is 13.8 Å². The van der Waals surface area contributed by atoms with Crippen molar-refractivity contribution in [3.8, 4) is 0 Å². The van der Waals surface area contributed by atoms with Crippen LogP contribution in [0.4, 0.5) is 0 Å². The maximum absolute atomic E-state index is 12.0. The highest BCUT2D eigenvalue weighted by atomic mass is 16.3. The van der Waals surface area contributed by atoms with E-state index >= 15 is 0 Å². The molecule has 108 valence electrons. The summed E-state index contributed by atoms with van der Waals surface area (Å²) in [6.07, 6.45) is 1.14. The van der Waals surface area contributed by atoms with Crippen LogP contribution in [0.3, 0.4) is 0 Å². The molecule has 0 aromatic carbocycles. The molecule has 4 N–H and O–H groups in total. The summed E-state index contributed by atoms with van der Waals surface area (Å²) in [4.78, 5) is 12.0. The fourth-order valence-electron chi connectivity index (χ4n) is 1.92. The van der Waals surface area contributed by atoms with Gasteiger partial charge in [0.1, 0.15) is 5.78 Å². The van der Waals surface area contributed by atoms with Crippen LogP contribution in [-0.4, -0.2) is 52.6 Å². The third-order valence-electron chi connectivity index (χ3n) is 3.99. The number of hydrogen-bond acceptors (Lipinski definition) is 5. The van der Waals surface area contributed by atoms with Gasteiger partial charge in [-0.05, 0) is 12.8 Å². The van der Waals surface area contributed by atoms with Crippen LogP contribution < -0.4 is 0 Å². The summed E-state index contributed by atoms with van der Waals surface area (Å²) in [5, 5.41) is 37.1. The summed E-state index contributed by atoms with van der Waals surface area (Å²) in [5.74, 6) is -0.148. The summed E-state index contributed by atoms with van der Waals surface area (Å²) in [7, 11) is 0. The molecule has 0 aliphatic rings. The first-order valence-electron chi connectivity index (χ1n) is 6.42. The molecule has 5 heteroatoms. The number of aliphatic hydroxyl groups excluding tert-OH is 4. The van der Waals surface area contributed by atoms with Crippen LogP contribution in [0, 0.1) is 10.8 Å². The summed E-state index contributed by atoms with van der Waals surface area (Å²) < 4.78 is 0. The van der Waals surface area contributed by atoms with E-state index < -0.39 is 10.8 Å². The van der Waals surface area contributed by atoms with Crippen LogP contribution in [0.15, 0.2) is 0 Å². The molecule has 0 saturated carbocycles. The van der Waals surface area contributed by atoms with Crippen molar-refractivity contribution in [2.75, 3.05) is 26.4 Å². The molecule has 0 unspecified atom stereocenters. The van der Waals surface area contributed by atoms with Crippen molar-refractivity contribution < 1.29 is 25.2 Å². The molecule has 0 aliphatic heterocycles. The Morgan fingerprint density at radius 3 is 1.22 bits per heavy atom. The standard InChI is InChI=1S/C13H26O5/c1-3-12(7-14,8-15)5-11(18)6-13(4-2,9-16)10-17/h14-17H,3-10H2,1-2H3. The SMILES string of the molecule is CCC(CO)(CO)CC(=O)CC(CC)(CO)CO. The van der Waals surface area contributed by atoms with E-state index in [0.717, 1.165) is 0 Å². The zero-order chi connectivity index (χ0) is 14.2. The van der Waals surface area contributed by atoms with E-state index in [1.165, 1.54) is 0 Å². The molecular formula is C13H26O5. The number of carbonyl (C=O) groups excluding carboxylic acids is 1. The minimum Gasteiger partial charge on any atom is -0.396 e. The van der Waals surface area contributed by atoms with E-state index in [1.54, 1.807) is 0 Å². The zero-order valence-electron chi connectivity index (χ0n) is 11.4. The highest BCUT2D eigenvalue weighted by Crippen LogP contribution is 2.31. The lowest BCUT2D eigenvalue weighted by Gasteiger charge is -2.31. The molecule has 18 heavy (non-hydrogen) atoms. The average molecular weight is 262 g/mol. The Hall–Kier alpha value is -0.490. The number of carbonyl (C=O) groups is 1. The quantitative estimate of drug-likeness (QED) is 0.447. The predicted octanol–water partition coefficient (Wildman–Crippen LogP) is 0.0977. The predicted molar refractivity (Wildman–Crippen MR) is 68.0 cm³/mol. The number of rotatable bonds is 10. The summed E-state index contributed by atoms with van der Waals surface area (Å²) in [5.41, 5.74) is -1.58. The first-order chi connectivity index (χ1) is 8.46. The van der Waals surface area contributed by atoms with E-state index in [2.05, 4.69) is 0 Å². The minimum absolute atomic E-state index is 0.0677. The largest absolute Gasteiger partial charge is 0.396 e. The fourth-order valence-corrected chi connectivity index (χ4v) is 1.92. The smallest absolute Gasteiger partial charge is 0.134 e. The molecule has 0 spiro atoms. The van der Waals surface area contributed by atoms with Crippen LogP contribution in [-0.2, 0) is 4.79 Å². The van der Waals surface area contributed by atoms with Crippen molar-refractivity contribution in [1.82, 2.24) is 0 Å². The van der Waals surface area contributed by atoms with Crippen molar-refractivity contribution in [1.29, 1.82) is 0 Å². The highest BCUT2D eigenvalue weighted by molar-refractivity contribution is 5.80. The van der Waals surface area contributed by atoms with E-state index in [9.17, 15) is 25.2 Å². The van der Waals surface area contributed by atoms with Gasteiger partial charge in [-0.1, -0.05) is 13.8 Å². The van der Waals surface area contributed by atoms with Crippen LogP contribution in [0.1, 0.15) is 39.5 Å². The van der Waals surface area contributed by atoms with E-state index in [4.69, 9.17) is 0 Å². The molecule has 0 bridgehead atoms. The van der Waals surface area contributed by atoms with Crippen LogP contribution in [0.5, 0.6) is 0 Å². The zero-order valence-corrected chi connectivity index (χ0v) is 11.4. The highest BCUT2D eigenvalue weighted by Gasteiger charge is 2.34. The van der Waals surface area contributed by atoms with Gasteiger partial charge in [0.2, 0.25) is 0 Å². The Morgan fingerprint density at radius 1 is 0.778 bits per heavy atom. The Labute approximate surface area is 108 Å². The van der Waals surface area contributed by atoms with Gasteiger partial charge in [-0.2, -0.15) is 0 Å². The lowest BCUT2D eigenvalue weighted by atomic mass is 9.76. The normalized spacial score (nSPS) is 12.8. The number of ketones is 1. The van der Waals surface area contributed by atoms with Gasteiger partial charge in [-0.25, -0.2) is 0 Å². The van der Waals surface area contributed by atoms with Gasteiger partial charge in [-0.3, -0.25) is 4.79 Å². The van der Waals surface area contributed by atoms with Gasteiger partial charge in [-0.15, -0.1) is 0 Å². The lowest BCUT2D eigenvalue weighted by Crippen LogP contribution is -2.36. The molecule has 0 radical (unpaired) electrons. The first-order valence-corrected chi connectivity index (χ1v) is 6.42. The Bertz CT molecular complexity index is 203. The van der Waals surface area contributed by atoms with Gasteiger partial charge >= 0.3 is 0 Å². The molecule has 0 rings (SSSR count). The van der Waals surface area contributed by atoms with Gasteiger partial charge in [0.15, 0.2) is 0 Å². The van der Waals surface area contributed by atoms with Gasteiger partial charge in [0, 0.05) is 23.7 Å². The topological polar surface area (TPSA) is 98.0 Å². The number of Topliss-reactive ketones (excluding diaryl/α,β-unsaturated/α-hetero) is 1. The van der Waals surface area contributed by atoms with Gasteiger partial charge < -0.3 is 20.4 Å².